The lowest BCUT2D eigenvalue weighted by molar-refractivity contribution is -0.115. The van der Waals surface area contributed by atoms with Gasteiger partial charge in [-0.2, -0.15) is 4.68 Å². The van der Waals surface area contributed by atoms with Crippen LogP contribution >= 0.6 is 34.8 Å². The molecule has 0 bridgehead atoms. The van der Waals surface area contributed by atoms with E-state index >= 15 is 4.39 Å². The molecule has 15 heteroatoms. The molecule has 4 aromatic carbocycles. The summed E-state index contributed by atoms with van der Waals surface area (Å²) in [4.78, 5) is 38.3. The third-order valence-electron chi connectivity index (χ3n) is 7.74. The summed E-state index contributed by atoms with van der Waals surface area (Å²) in [6.07, 6.45) is 2.22. The van der Waals surface area contributed by atoms with Crippen LogP contribution in [-0.4, -0.2) is 34.6 Å². The predicted octanol–water partition coefficient (Wildman–Crippen LogP) is 7.66. The number of hydrogen-bond donors (Lipinski definition) is 2. The smallest absolute Gasteiger partial charge is 0.326 e. The highest BCUT2D eigenvalue weighted by molar-refractivity contribution is 7.90. The van der Waals surface area contributed by atoms with Crippen molar-refractivity contribution in [3.63, 3.8) is 0 Å². The first-order valence-corrected chi connectivity index (χ1v) is 18.1. The van der Waals surface area contributed by atoms with Gasteiger partial charge < -0.3 is 5.32 Å². The third kappa shape index (κ3) is 8.10. The van der Waals surface area contributed by atoms with E-state index in [2.05, 4.69) is 10.4 Å². The molecular weight excluding hydrogens is 728 g/mol. The summed E-state index contributed by atoms with van der Waals surface area (Å²) >= 11 is 18.5. The van der Waals surface area contributed by atoms with E-state index in [0.29, 0.717) is 24.4 Å². The molecule has 50 heavy (non-hydrogen) atoms. The number of unbranched alkanes of at least 4 members (excludes halogenated alkanes) is 1. The van der Waals surface area contributed by atoms with Crippen LogP contribution in [0.25, 0.3) is 16.8 Å². The molecule has 1 heterocycles. The SMILES string of the molecule is CCCCc1nn(-c2cc(NC(=O)CC)ccc2Cl)c(=O)n1Cc1ccc(-c2ccccc2S(=O)(=O)NC(=O)c2cc(Cl)ccc2Cl)cc1F. The van der Waals surface area contributed by atoms with Crippen molar-refractivity contribution in [3.8, 4) is 16.8 Å². The van der Waals surface area contributed by atoms with Crippen molar-refractivity contribution < 1.29 is 22.4 Å². The van der Waals surface area contributed by atoms with Gasteiger partial charge in [-0.15, -0.1) is 5.10 Å². The minimum Gasteiger partial charge on any atom is -0.326 e. The second-order valence-corrected chi connectivity index (χ2v) is 14.1. The fourth-order valence-corrected chi connectivity index (χ4v) is 6.90. The van der Waals surface area contributed by atoms with Gasteiger partial charge in [0.05, 0.1) is 32.7 Å². The maximum atomic E-state index is 15.8. The molecule has 0 unspecified atom stereocenters. The molecule has 2 amide bonds. The monoisotopic (exact) mass is 757 g/mol. The van der Waals surface area contributed by atoms with Gasteiger partial charge in [0.1, 0.15) is 11.6 Å². The molecule has 0 atom stereocenters. The third-order valence-corrected chi connectivity index (χ3v) is 10.0. The number of nitrogens with one attached hydrogen (secondary N) is 2. The Labute approximate surface area is 302 Å². The van der Waals surface area contributed by atoms with E-state index in [1.54, 1.807) is 31.2 Å². The molecule has 0 aliphatic heterocycles. The van der Waals surface area contributed by atoms with E-state index in [0.717, 1.165) is 17.2 Å². The second-order valence-electron chi connectivity index (χ2n) is 11.2. The topological polar surface area (TPSA) is 132 Å². The van der Waals surface area contributed by atoms with Gasteiger partial charge in [0.2, 0.25) is 5.91 Å². The van der Waals surface area contributed by atoms with Gasteiger partial charge in [-0.25, -0.2) is 22.3 Å². The highest BCUT2D eigenvalue weighted by atomic mass is 35.5. The first-order valence-electron chi connectivity index (χ1n) is 15.5. The minimum absolute atomic E-state index is 0.00707. The normalized spacial score (nSPS) is 11.4. The summed E-state index contributed by atoms with van der Waals surface area (Å²) in [5, 5.41) is 7.70. The van der Waals surface area contributed by atoms with Gasteiger partial charge in [-0.05, 0) is 60.5 Å². The lowest BCUT2D eigenvalue weighted by Gasteiger charge is -2.14. The van der Waals surface area contributed by atoms with Crippen LogP contribution in [0.15, 0.2) is 88.6 Å². The summed E-state index contributed by atoms with van der Waals surface area (Å²) in [7, 11) is -4.46. The Morgan fingerprint density at radius 2 is 1.66 bits per heavy atom. The van der Waals surface area contributed by atoms with E-state index in [9.17, 15) is 22.8 Å². The van der Waals surface area contributed by atoms with Crippen LogP contribution in [0.1, 0.15) is 54.9 Å². The van der Waals surface area contributed by atoms with Crippen molar-refractivity contribution in [1.82, 2.24) is 19.1 Å². The van der Waals surface area contributed by atoms with Gasteiger partial charge in [-0.3, -0.25) is 14.2 Å². The number of rotatable bonds is 12. The molecule has 0 fully saturated rings. The molecule has 260 valence electrons. The number of anilines is 1. The Morgan fingerprint density at radius 3 is 2.38 bits per heavy atom. The quantitative estimate of drug-likeness (QED) is 0.134. The zero-order chi connectivity index (χ0) is 36.2. The Bertz CT molecular complexity index is 2270. The van der Waals surface area contributed by atoms with Crippen LogP contribution in [0.4, 0.5) is 10.1 Å². The van der Waals surface area contributed by atoms with Crippen LogP contribution in [0.2, 0.25) is 15.1 Å². The molecule has 0 aliphatic carbocycles. The number of sulfonamides is 1. The van der Waals surface area contributed by atoms with Crippen LogP contribution in [0, 0.1) is 5.82 Å². The second kappa shape index (κ2) is 15.6. The summed E-state index contributed by atoms with van der Waals surface area (Å²) in [6, 6.07) is 18.8. The van der Waals surface area contributed by atoms with Crippen molar-refractivity contribution >= 4 is 62.3 Å². The van der Waals surface area contributed by atoms with E-state index in [1.807, 2.05) is 11.6 Å². The van der Waals surface area contributed by atoms with Crippen molar-refractivity contribution in [2.75, 3.05) is 5.32 Å². The molecule has 0 saturated heterocycles. The van der Waals surface area contributed by atoms with Crippen molar-refractivity contribution in [2.45, 2.75) is 51.0 Å². The van der Waals surface area contributed by atoms with E-state index in [1.165, 1.54) is 53.1 Å². The Kier molecular flexibility index (Phi) is 11.5. The first-order chi connectivity index (χ1) is 23.8. The standard InChI is InChI=1S/C35H31Cl3FN5O5S/c1-3-5-10-32-41-44(30-19-24(14-16-28(30)38)40-33(45)4-2)35(47)43(32)20-22-12-11-21(17-29(22)39)25-8-6-7-9-31(25)50(48,49)42-34(46)26-18-23(36)13-15-27(26)37/h6-9,11-19H,3-5,10,20H2,1-2H3,(H,40,45)(H,42,46). The number of halogens is 4. The molecule has 0 saturated carbocycles. The number of nitrogens with zero attached hydrogens (tertiary/aromatic N) is 3. The Balaban J connectivity index is 1.47. The van der Waals surface area contributed by atoms with Gasteiger partial charge in [-0.1, -0.05) is 85.4 Å². The number of carbonyl (C=O) groups is 2. The van der Waals surface area contributed by atoms with Crippen LogP contribution < -0.4 is 15.7 Å². The molecule has 0 spiro atoms. The Hall–Kier alpha value is -4.49. The van der Waals surface area contributed by atoms with Crippen molar-refractivity contribution in [2.24, 2.45) is 0 Å². The van der Waals surface area contributed by atoms with Gasteiger partial charge in [0.15, 0.2) is 0 Å². The predicted molar refractivity (Wildman–Crippen MR) is 192 cm³/mol. The number of aryl methyl sites for hydroxylation is 1. The number of benzene rings is 4. The van der Waals surface area contributed by atoms with Gasteiger partial charge >= 0.3 is 5.69 Å². The molecule has 5 rings (SSSR count). The highest BCUT2D eigenvalue weighted by Crippen LogP contribution is 2.30. The summed E-state index contributed by atoms with van der Waals surface area (Å²) in [5.74, 6) is -1.50. The molecule has 0 radical (unpaired) electrons. The fourth-order valence-electron chi connectivity index (χ4n) is 5.13. The molecule has 1 aromatic heterocycles. The van der Waals surface area contributed by atoms with Crippen LogP contribution in [0.5, 0.6) is 0 Å². The molecular formula is C35H31Cl3FN5O5S. The van der Waals surface area contributed by atoms with Crippen LogP contribution in [-0.2, 0) is 27.8 Å². The summed E-state index contributed by atoms with van der Waals surface area (Å²) < 4.78 is 47.2. The number of hydrogen-bond acceptors (Lipinski definition) is 6. The maximum Gasteiger partial charge on any atom is 0.351 e. The number of amides is 2. The minimum atomic E-state index is -4.46. The lowest BCUT2D eigenvalue weighted by Crippen LogP contribution is -2.31. The van der Waals surface area contributed by atoms with Gasteiger partial charge in [0.25, 0.3) is 15.9 Å². The maximum absolute atomic E-state index is 15.8. The van der Waals surface area contributed by atoms with E-state index in [-0.39, 0.29) is 66.8 Å². The van der Waals surface area contributed by atoms with Crippen molar-refractivity contribution in [3.05, 3.63) is 127 Å². The van der Waals surface area contributed by atoms with Gasteiger partial charge in [0, 0.05) is 34.7 Å². The van der Waals surface area contributed by atoms with Crippen LogP contribution in [0.3, 0.4) is 0 Å². The highest BCUT2D eigenvalue weighted by Gasteiger charge is 2.25. The average Bonchev–Trinajstić information content (AvgIpc) is 3.40. The number of aromatic nitrogens is 3. The first kappa shape index (κ1) is 36.8. The van der Waals surface area contributed by atoms with Crippen molar-refractivity contribution in [1.29, 1.82) is 0 Å². The summed E-state index contributed by atoms with van der Waals surface area (Å²) in [5.41, 5.74) is 0.483. The zero-order valence-corrected chi connectivity index (χ0v) is 29.9. The lowest BCUT2D eigenvalue weighted by atomic mass is 10.0. The Morgan fingerprint density at radius 1 is 0.920 bits per heavy atom. The largest absolute Gasteiger partial charge is 0.351 e. The summed E-state index contributed by atoms with van der Waals surface area (Å²) in [6.45, 7) is 3.53. The number of carbonyl (C=O) groups excluding carboxylic acids is 2. The molecule has 2 N–H and O–H groups in total. The molecule has 5 aromatic rings. The van der Waals surface area contributed by atoms with E-state index in [4.69, 9.17) is 34.8 Å². The zero-order valence-electron chi connectivity index (χ0n) is 26.8. The van der Waals surface area contributed by atoms with E-state index < -0.39 is 27.4 Å². The fraction of sp³-hybridized carbons (Fsp3) is 0.200. The molecule has 0 aliphatic rings. The molecule has 10 nitrogen and oxygen atoms in total. The average molecular weight is 759 g/mol.